The lowest BCUT2D eigenvalue weighted by molar-refractivity contribution is -0.115. The third-order valence-corrected chi connectivity index (χ3v) is 2.90. The van der Waals surface area contributed by atoms with E-state index in [-0.39, 0.29) is 23.7 Å². The van der Waals surface area contributed by atoms with Gasteiger partial charge in [-0.3, -0.25) is 4.79 Å². The van der Waals surface area contributed by atoms with Crippen LogP contribution >= 0.6 is 0 Å². The molecule has 0 spiro atoms. The molecule has 0 saturated carbocycles. The quantitative estimate of drug-likeness (QED) is 0.893. The summed E-state index contributed by atoms with van der Waals surface area (Å²) in [6.07, 6.45) is 1.57. The van der Waals surface area contributed by atoms with Gasteiger partial charge in [0.25, 0.3) is 0 Å². The van der Waals surface area contributed by atoms with Crippen LogP contribution in [-0.4, -0.2) is 22.0 Å². The molecule has 1 amide bonds. The fourth-order valence-corrected chi connectivity index (χ4v) is 1.85. The predicted molar refractivity (Wildman–Crippen MR) is 74.7 cm³/mol. The van der Waals surface area contributed by atoms with Gasteiger partial charge < -0.3 is 10.4 Å². The van der Waals surface area contributed by atoms with Gasteiger partial charge in [0.05, 0.1) is 12.1 Å². The fraction of sp³-hybridized carbons (Fsp3) is 0.133. The molecule has 0 saturated heterocycles. The van der Waals surface area contributed by atoms with Crippen LogP contribution in [-0.2, 0) is 11.2 Å². The van der Waals surface area contributed by atoms with Gasteiger partial charge >= 0.3 is 5.97 Å². The average molecular weight is 270 g/mol. The summed E-state index contributed by atoms with van der Waals surface area (Å²) in [6, 6.07) is 10.7. The summed E-state index contributed by atoms with van der Waals surface area (Å²) in [7, 11) is 0. The third-order valence-electron chi connectivity index (χ3n) is 2.90. The standard InChI is InChI=1S/C15H14N2O3/c1-10-5-2-3-6-11(10)9-13(18)17-12-7-4-8-16-14(12)15(19)20/h2-8H,9H2,1H3,(H,17,18)(H,19,20). The molecule has 0 fully saturated rings. The SMILES string of the molecule is Cc1ccccc1CC(=O)Nc1cccnc1C(=O)O. The number of amides is 1. The second-order valence-corrected chi connectivity index (χ2v) is 4.36. The van der Waals surface area contributed by atoms with Gasteiger partial charge in [-0.15, -0.1) is 0 Å². The van der Waals surface area contributed by atoms with Crippen molar-refractivity contribution in [1.82, 2.24) is 4.98 Å². The summed E-state index contributed by atoms with van der Waals surface area (Å²) in [5.41, 5.74) is 1.97. The number of aromatic carboxylic acids is 1. The van der Waals surface area contributed by atoms with Crippen LogP contribution in [0.1, 0.15) is 21.6 Å². The lowest BCUT2D eigenvalue weighted by Crippen LogP contribution is -2.17. The highest BCUT2D eigenvalue weighted by Gasteiger charge is 2.13. The number of benzene rings is 1. The Bertz CT molecular complexity index is 653. The number of rotatable bonds is 4. The predicted octanol–water partition coefficient (Wildman–Crippen LogP) is 2.27. The molecule has 0 aliphatic carbocycles. The van der Waals surface area contributed by atoms with Gasteiger partial charge in [-0.25, -0.2) is 9.78 Å². The largest absolute Gasteiger partial charge is 0.476 e. The van der Waals surface area contributed by atoms with Gasteiger partial charge in [-0.2, -0.15) is 0 Å². The highest BCUT2D eigenvalue weighted by Crippen LogP contribution is 2.14. The molecular weight excluding hydrogens is 256 g/mol. The molecule has 2 rings (SSSR count). The summed E-state index contributed by atoms with van der Waals surface area (Å²) in [6.45, 7) is 1.93. The first kappa shape index (κ1) is 13.7. The minimum absolute atomic E-state index is 0.161. The minimum atomic E-state index is -1.17. The van der Waals surface area contributed by atoms with Crippen molar-refractivity contribution in [1.29, 1.82) is 0 Å². The molecule has 2 aromatic rings. The Labute approximate surface area is 116 Å². The van der Waals surface area contributed by atoms with Crippen LogP contribution in [0.25, 0.3) is 0 Å². The molecule has 0 aliphatic rings. The zero-order valence-electron chi connectivity index (χ0n) is 11.0. The highest BCUT2D eigenvalue weighted by molar-refractivity contribution is 5.99. The number of aromatic nitrogens is 1. The van der Waals surface area contributed by atoms with Crippen LogP contribution in [0.5, 0.6) is 0 Å². The molecule has 1 heterocycles. The van der Waals surface area contributed by atoms with Crippen molar-refractivity contribution in [3.63, 3.8) is 0 Å². The van der Waals surface area contributed by atoms with Crippen LogP contribution < -0.4 is 5.32 Å². The molecule has 0 bridgehead atoms. The molecule has 0 aliphatic heterocycles. The number of carbonyl (C=O) groups is 2. The number of pyridine rings is 1. The van der Waals surface area contributed by atoms with E-state index in [9.17, 15) is 9.59 Å². The number of nitrogens with zero attached hydrogens (tertiary/aromatic N) is 1. The molecular formula is C15H14N2O3. The lowest BCUT2D eigenvalue weighted by atomic mass is 10.1. The fourth-order valence-electron chi connectivity index (χ4n) is 1.85. The Hall–Kier alpha value is -2.69. The smallest absolute Gasteiger partial charge is 0.356 e. The lowest BCUT2D eigenvalue weighted by Gasteiger charge is -2.08. The Morgan fingerprint density at radius 3 is 2.65 bits per heavy atom. The first-order valence-electron chi connectivity index (χ1n) is 6.10. The van der Waals surface area contributed by atoms with E-state index in [0.717, 1.165) is 11.1 Å². The minimum Gasteiger partial charge on any atom is -0.476 e. The summed E-state index contributed by atoms with van der Waals surface area (Å²) in [5.74, 6) is -1.44. The van der Waals surface area contributed by atoms with Crippen molar-refractivity contribution in [2.45, 2.75) is 13.3 Å². The Morgan fingerprint density at radius 2 is 1.95 bits per heavy atom. The van der Waals surface area contributed by atoms with Crippen molar-refractivity contribution in [3.05, 3.63) is 59.4 Å². The van der Waals surface area contributed by atoms with E-state index < -0.39 is 5.97 Å². The van der Waals surface area contributed by atoms with Crippen LogP contribution in [0, 0.1) is 6.92 Å². The second kappa shape index (κ2) is 5.97. The van der Waals surface area contributed by atoms with Gasteiger partial charge in [0, 0.05) is 6.20 Å². The van der Waals surface area contributed by atoms with Gasteiger partial charge in [0.1, 0.15) is 0 Å². The van der Waals surface area contributed by atoms with Crippen LogP contribution in [0.15, 0.2) is 42.6 Å². The van der Waals surface area contributed by atoms with Crippen LogP contribution in [0.4, 0.5) is 5.69 Å². The Kier molecular flexibility index (Phi) is 4.10. The summed E-state index contributed by atoms with van der Waals surface area (Å²) in [5, 5.41) is 11.6. The Morgan fingerprint density at radius 1 is 1.20 bits per heavy atom. The molecule has 0 atom stereocenters. The molecule has 5 nitrogen and oxygen atoms in total. The van der Waals surface area contributed by atoms with Crippen molar-refractivity contribution in [3.8, 4) is 0 Å². The number of hydrogen-bond donors (Lipinski definition) is 2. The number of anilines is 1. The molecule has 102 valence electrons. The monoisotopic (exact) mass is 270 g/mol. The van der Waals surface area contributed by atoms with E-state index in [2.05, 4.69) is 10.3 Å². The van der Waals surface area contributed by atoms with Crippen LogP contribution in [0.2, 0.25) is 0 Å². The zero-order valence-corrected chi connectivity index (χ0v) is 11.0. The highest BCUT2D eigenvalue weighted by atomic mass is 16.4. The van der Waals surface area contributed by atoms with Gasteiger partial charge in [-0.05, 0) is 30.2 Å². The zero-order chi connectivity index (χ0) is 14.5. The van der Waals surface area contributed by atoms with Crippen molar-refractivity contribution < 1.29 is 14.7 Å². The van der Waals surface area contributed by atoms with E-state index in [1.165, 1.54) is 12.3 Å². The van der Waals surface area contributed by atoms with Gasteiger partial charge in [-0.1, -0.05) is 24.3 Å². The second-order valence-electron chi connectivity index (χ2n) is 4.36. The van der Waals surface area contributed by atoms with Gasteiger partial charge in [0.2, 0.25) is 5.91 Å². The van der Waals surface area contributed by atoms with E-state index in [1.807, 2.05) is 31.2 Å². The molecule has 1 aromatic heterocycles. The average Bonchev–Trinajstić information content (AvgIpc) is 2.41. The molecule has 0 unspecified atom stereocenters. The summed E-state index contributed by atoms with van der Waals surface area (Å²) in [4.78, 5) is 26.7. The maximum absolute atomic E-state index is 12.0. The molecule has 2 N–H and O–H groups in total. The number of hydrogen-bond acceptors (Lipinski definition) is 3. The number of nitrogens with one attached hydrogen (secondary N) is 1. The van der Waals surface area contributed by atoms with Crippen molar-refractivity contribution in [2.75, 3.05) is 5.32 Å². The van der Waals surface area contributed by atoms with E-state index in [1.54, 1.807) is 6.07 Å². The maximum Gasteiger partial charge on any atom is 0.356 e. The maximum atomic E-state index is 12.0. The number of aryl methyl sites for hydroxylation is 1. The van der Waals surface area contributed by atoms with Gasteiger partial charge in [0.15, 0.2) is 5.69 Å². The van der Waals surface area contributed by atoms with E-state index in [4.69, 9.17) is 5.11 Å². The number of carboxylic acids is 1. The van der Waals surface area contributed by atoms with Crippen molar-refractivity contribution >= 4 is 17.6 Å². The normalized spacial score (nSPS) is 10.1. The molecule has 1 aromatic carbocycles. The summed E-state index contributed by atoms with van der Waals surface area (Å²) < 4.78 is 0. The van der Waals surface area contributed by atoms with E-state index >= 15 is 0 Å². The van der Waals surface area contributed by atoms with E-state index in [0.29, 0.717) is 0 Å². The number of carbonyl (C=O) groups excluding carboxylic acids is 1. The summed E-state index contributed by atoms with van der Waals surface area (Å²) >= 11 is 0. The van der Waals surface area contributed by atoms with Crippen LogP contribution in [0.3, 0.4) is 0 Å². The molecule has 5 heteroatoms. The third kappa shape index (κ3) is 3.20. The number of carboxylic acid groups (broad SMARTS) is 1. The first-order valence-corrected chi connectivity index (χ1v) is 6.10. The van der Waals surface area contributed by atoms with Crippen molar-refractivity contribution in [2.24, 2.45) is 0 Å². The molecule has 20 heavy (non-hydrogen) atoms. The topological polar surface area (TPSA) is 79.3 Å². The first-order chi connectivity index (χ1) is 9.58. The Balaban J connectivity index is 2.13. The molecule has 0 radical (unpaired) electrons.